The number of imidazole rings is 1. The van der Waals surface area contributed by atoms with E-state index in [0.29, 0.717) is 29.2 Å². The SMILES string of the molecule is CN(Cc1cccc(F)c1)c1ncnc2c1ncn2[C@H]1CC[C@@H](COC(=O)Nc2cccnc2)O1. The van der Waals surface area contributed by atoms with E-state index >= 15 is 0 Å². The van der Waals surface area contributed by atoms with Crippen molar-refractivity contribution in [2.75, 3.05) is 23.9 Å². The fourth-order valence-electron chi connectivity index (χ4n) is 4.09. The monoisotopic (exact) mass is 477 g/mol. The lowest BCUT2D eigenvalue weighted by atomic mass is 10.2. The quantitative estimate of drug-likeness (QED) is 0.427. The molecule has 2 atom stereocenters. The second kappa shape index (κ2) is 10.0. The number of aromatic nitrogens is 5. The number of pyridine rings is 1. The van der Waals surface area contributed by atoms with Gasteiger partial charge in [-0.25, -0.2) is 24.1 Å². The molecule has 35 heavy (non-hydrogen) atoms. The molecule has 1 aliphatic rings. The van der Waals surface area contributed by atoms with Gasteiger partial charge in [0.2, 0.25) is 0 Å². The molecule has 0 unspecified atom stereocenters. The summed E-state index contributed by atoms with van der Waals surface area (Å²) in [5.41, 5.74) is 2.66. The van der Waals surface area contributed by atoms with E-state index in [2.05, 4.69) is 25.3 Å². The summed E-state index contributed by atoms with van der Waals surface area (Å²) in [6, 6.07) is 9.92. The normalized spacial score (nSPS) is 17.4. The fraction of sp³-hybridized carbons (Fsp3) is 0.292. The van der Waals surface area contributed by atoms with Crippen LogP contribution in [0.1, 0.15) is 24.6 Å². The topological polar surface area (TPSA) is 107 Å². The van der Waals surface area contributed by atoms with Crippen molar-refractivity contribution in [1.29, 1.82) is 0 Å². The van der Waals surface area contributed by atoms with Crippen LogP contribution in [0.4, 0.5) is 20.7 Å². The van der Waals surface area contributed by atoms with Crippen molar-refractivity contribution in [3.05, 3.63) is 72.8 Å². The molecule has 0 radical (unpaired) electrons. The van der Waals surface area contributed by atoms with E-state index in [1.807, 2.05) is 22.6 Å². The molecule has 4 heterocycles. The Morgan fingerprint density at radius 3 is 3.00 bits per heavy atom. The Morgan fingerprint density at radius 2 is 2.17 bits per heavy atom. The van der Waals surface area contributed by atoms with Gasteiger partial charge in [-0.05, 0) is 42.7 Å². The maximum absolute atomic E-state index is 13.6. The minimum atomic E-state index is -0.558. The minimum absolute atomic E-state index is 0.131. The highest BCUT2D eigenvalue weighted by Crippen LogP contribution is 2.32. The van der Waals surface area contributed by atoms with Crippen molar-refractivity contribution in [2.24, 2.45) is 0 Å². The molecule has 3 aromatic heterocycles. The Bertz CT molecular complexity index is 1320. The third-order valence-electron chi connectivity index (χ3n) is 5.71. The highest BCUT2D eigenvalue weighted by atomic mass is 19.1. The third-order valence-corrected chi connectivity index (χ3v) is 5.71. The zero-order valence-electron chi connectivity index (χ0n) is 19.0. The molecule has 0 bridgehead atoms. The summed E-state index contributed by atoms with van der Waals surface area (Å²) in [7, 11) is 1.88. The Morgan fingerprint density at radius 1 is 1.26 bits per heavy atom. The van der Waals surface area contributed by atoms with E-state index in [4.69, 9.17) is 9.47 Å². The van der Waals surface area contributed by atoms with Crippen molar-refractivity contribution < 1.29 is 18.7 Å². The minimum Gasteiger partial charge on any atom is -0.447 e. The van der Waals surface area contributed by atoms with E-state index in [0.717, 1.165) is 18.4 Å². The molecule has 180 valence electrons. The number of fused-ring (bicyclic) bond motifs is 1. The van der Waals surface area contributed by atoms with Gasteiger partial charge < -0.3 is 14.4 Å². The number of anilines is 2. The maximum atomic E-state index is 13.6. The number of ether oxygens (including phenoxy) is 2. The van der Waals surface area contributed by atoms with Crippen LogP contribution < -0.4 is 10.2 Å². The van der Waals surface area contributed by atoms with E-state index in [1.54, 1.807) is 36.9 Å². The molecule has 5 rings (SSSR count). The first-order chi connectivity index (χ1) is 17.1. The van der Waals surface area contributed by atoms with Crippen LogP contribution in [0.15, 0.2) is 61.4 Å². The Hall–Kier alpha value is -4.12. The number of nitrogens with zero attached hydrogens (tertiary/aromatic N) is 6. The molecular weight excluding hydrogens is 453 g/mol. The molecular formula is C24H24FN7O3. The summed E-state index contributed by atoms with van der Waals surface area (Å²) in [6.45, 7) is 0.600. The van der Waals surface area contributed by atoms with Crippen molar-refractivity contribution in [1.82, 2.24) is 24.5 Å². The summed E-state index contributed by atoms with van der Waals surface area (Å²) in [6.07, 6.45) is 6.69. The van der Waals surface area contributed by atoms with Crippen molar-refractivity contribution in [3.8, 4) is 0 Å². The van der Waals surface area contributed by atoms with Crippen LogP contribution in [-0.4, -0.2) is 50.4 Å². The molecule has 1 fully saturated rings. The Balaban J connectivity index is 1.22. The van der Waals surface area contributed by atoms with Gasteiger partial charge in [0.25, 0.3) is 0 Å². The molecule has 0 aliphatic carbocycles. The van der Waals surface area contributed by atoms with Gasteiger partial charge in [-0.2, -0.15) is 0 Å². The van der Waals surface area contributed by atoms with Gasteiger partial charge in [-0.3, -0.25) is 14.9 Å². The average Bonchev–Trinajstić information content (AvgIpc) is 3.50. The van der Waals surface area contributed by atoms with E-state index in [1.165, 1.54) is 18.5 Å². The predicted octanol–water partition coefficient (Wildman–Crippen LogP) is 3.92. The average molecular weight is 478 g/mol. The van der Waals surface area contributed by atoms with Gasteiger partial charge >= 0.3 is 6.09 Å². The molecule has 0 spiro atoms. The summed E-state index contributed by atoms with van der Waals surface area (Å²) < 4.78 is 26.9. The lowest BCUT2D eigenvalue weighted by Crippen LogP contribution is -2.22. The van der Waals surface area contributed by atoms with E-state index in [-0.39, 0.29) is 24.8 Å². The molecule has 1 aliphatic heterocycles. The summed E-state index contributed by atoms with van der Waals surface area (Å²) in [4.78, 5) is 31.2. The lowest BCUT2D eigenvalue weighted by Gasteiger charge is -2.19. The molecule has 1 saturated heterocycles. The number of carbonyl (C=O) groups excluding carboxylic acids is 1. The molecule has 11 heteroatoms. The van der Waals surface area contributed by atoms with Gasteiger partial charge in [0.15, 0.2) is 17.0 Å². The zero-order valence-corrected chi connectivity index (χ0v) is 19.0. The maximum Gasteiger partial charge on any atom is 0.411 e. The summed E-state index contributed by atoms with van der Waals surface area (Å²) in [5, 5.41) is 2.63. The van der Waals surface area contributed by atoms with E-state index in [9.17, 15) is 9.18 Å². The molecule has 1 amide bonds. The molecule has 10 nitrogen and oxygen atoms in total. The van der Waals surface area contributed by atoms with Crippen LogP contribution in [0.3, 0.4) is 0 Å². The molecule has 4 aromatic rings. The summed E-state index contributed by atoms with van der Waals surface area (Å²) in [5.74, 6) is 0.363. The van der Waals surface area contributed by atoms with Crippen LogP contribution in [0, 0.1) is 5.82 Å². The van der Waals surface area contributed by atoms with Crippen LogP contribution in [-0.2, 0) is 16.0 Å². The van der Waals surface area contributed by atoms with Crippen molar-refractivity contribution >= 4 is 28.8 Å². The number of halogens is 1. The molecule has 0 saturated carbocycles. The van der Waals surface area contributed by atoms with Crippen LogP contribution in [0.5, 0.6) is 0 Å². The van der Waals surface area contributed by atoms with Gasteiger partial charge in [-0.1, -0.05) is 12.1 Å². The van der Waals surface area contributed by atoms with Gasteiger partial charge in [0.05, 0.1) is 24.3 Å². The second-order valence-electron chi connectivity index (χ2n) is 8.26. The van der Waals surface area contributed by atoms with Crippen molar-refractivity contribution in [3.63, 3.8) is 0 Å². The highest BCUT2D eigenvalue weighted by Gasteiger charge is 2.29. The van der Waals surface area contributed by atoms with Gasteiger partial charge in [-0.15, -0.1) is 0 Å². The first kappa shape index (κ1) is 22.7. The number of benzene rings is 1. The standard InChI is InChI=1S/C24H24FN7O3/c1-31(12-16-4-2-5-17(25)10-16)22-21-23(28-14-27-22)32(15-29-21)20-8-7-19(35-20)13-34-24(33)30-18-6-3-9-26-11-18/h2-6,9-11,14-15,19-20H,7-8,12-13H2,1H3,(H,30,33)/t19-,20+/m0/s1. The predicted molar refractivity (Wildman–Crippen MR) is 126 cm³/mol. The van der Waals surface area contributed by atoms with Crippen molar-refractivity contribution in [2.45, 2.75) is 31.7 Å². The van der Waals surface area contributed by atoms with Gasteiger partial charge in [0, 0.05) is 19.8 Å². The smallest absolute Gasteiger partial charge is 0.411 e. The number of rotatable bonds is 7. The van der Waals surface area contributed by atoms with Crippen LogP contribution >= 0.6 is 0 Å². The molecule has 1 N–H and O–H groups in total. The first-order valence-electron chi connectivity index (χ1n) is 11.2. The summed E-state index contributed by atoms with van der Waals surface area (Å²) >= 11 is 0. The number of hydrogen-bond acceptors (Lipinski definition) is 8. The van der Waals surface area contributed by atoms with Crippen LogP contribution in [0.2, 0.25) is 0 Å². The zero-order chi connectivity index (χ0) is 24.2. The number of hydrogen-bond donors (Lipinski definition) is 1. The third kappa shape index (κ3) is 5.19. The number of nitrogens with one attached hydrogen (secondary N) is 1. The first-order valence-corrected chi connectivity index (χ1v) is 11.2. The second-order valence-corrected chi connectivity index (χ2v) is 8.26. The highest BCUT2D eigenvalue weighted by molar-refractivity contribution is 5.84. The number of amides is 1. The van der Waals surface area contributed by atoms with E-state index < -0.39 is 6.09 Å². The largest absolute Gasteiger partial charge is 0.447 e. The Kier molecular flexibility index (Phi) is 6.49. The fourth-order valence-corrected chi connectivity index (χ4v) is 4.09. The number of carbonyl (C=O) groups is 1. The molecule has 1 aromatic carbocycles. The van der Waals surface area contributed by atoms with Crippen LogP contribution in [0.25, 0.3) is 11.2 Å². The Labute approximate surface area is 200 Å². The van der Waals surface area contributed by atoms with Gasteiger partial charge in [0.1, 0.15) is 25.0 Å². The lowest BCUT2D eigenvalue weighted by molar-refractivity contribution is -0.0230.